The van der Waals surface area contributed by atoms with Crippen LogP contribution in [-0.4, -0.2) is 42.1 Å². The number of carbonyl (C=O) groups is 1. The molecule has 1 rings (SSSR count). The highest BCUT2D eigenvalue weighted by atomic mass is 16.3. The molecule has 2 N–H and O–H groups in total. The zero-order valence-corrected chi connectivity index (χ0v) is 13.6. The molecule has 0 bridgehead atoms. The molecule has 1 aliphatic heterocycles. The van der Waals surface area contributed by atoms with Crippen molar-refractivity contribution in [3.63, 3.8) is 0 Å². The molecule has 0 unspecified atom stereocenters. The number of carbonyl (C=O) groups excluding carboxylic acids is 1. The number of nitrogens with one attached hydrogen (secondary N) is 1. The Morgan fingerprint density at radius 2 is 2.00 bits per heavy atom. The number of nitrogens with zero attached hydrogens (tertiary/aromatic N) is 1. The maximum absolute atomic E-state index is 11.5. The first-order valence-corrected chi connectivity index (χ1v) is 7.31. The molecule has 1 amide bonds. The Morgan fingerprint density at radius 3 is 2.45 bits per heavy atom. The second kappa shape index (κ2) is 13.9. The third-order valence-electron chi connectivity index (χ3n) is 2.29. The fourth-order valence-electron chi connectivity index (χ4n) is 1.60. The molecule has 0 aromatic heterocycles. The van der Waals surface area contributed by atoms with Crippen molar-refractivity contribution >= 4 is 5.91 Å². The average Bonchev–Trinajstić information content (AvgIpc) is 2.45. The van der Waals surface area contributed by atoms with E-state index in [0.29, 0.717) is 19.6 Å². The first-order valence-electron chi connectivity index (χ1n) is 7.31. The van der Waals surface area contributed by atoms with Crippen molar-refractivity contribution in [2.75, 3.05) is 26.2 Å². The molecular formula is C16H30N2O2. The van der Waals surface area contributed by atoms with Gasteiger partial charge in [-0.1, -0.05) is 46.4 Å². The Labute approximate surface area is 123 Å². The number of amides is 1. The maximum atomic E-state index is 11.5. The molecule has 0 aromatic carbocycles. The number of aliphatic hydroxyl groups is 1. The van der Waals surface area contributed by atoms with E-state index in [1.807, 2.05) is 27.7 Å². The van der Waals surface area contributed by atoms with E-state index in [1.54, 1.807) is 30.1 Å². The van der Waals surface area contributed by atoms with Crippen molar-refractivity contribution in [1.82, 2.24) is 10.2 Å². The minimum atomic E-state index is 0.0882. The van der Waals surface area contributed by atoms with E-state index in [-0.39, 0.29) is 11.7 Å². The van der Waals surface area contributed by atoms with Crippen LogP contribution < -0.4 is 5.32 Å². The van der Waals surface area contributed by atoms with Crippen molar-refractivity contribution < 1.29 is 9.90 Å². The van der Waals surface area contributed by atoms with Gasteiger partial charge in [0.2, 0.25) is 5.91 Å². The summed E-state index contributed by atoms with van der Waals surface area (Å²) >= 11 is 0. The summed E-state index contributed by atoms with van der Waals surface area (Å²) in [7, 11) is 0. The van der Waals surface area contributed by atoms with Crippen molar-refractivity contribution in [3.8, 4) is 0 Å². The predicted octanol–water partition coefficient (Wildman–Crippen LogP) is 3.04. The lowest BCUT2D eigenvalue weighted by Crippen LogP contribution is -2.48. The fourth-order valence-corrected chi connectivity index (χ4v) is 1.60. The molecule has 0 saturated carbocycles. The summed E-state index contributed by atoms with van der Waals surface area (Å²) in [4.78, 5) is 13.3. The van der Waals surface area contributed by atoms with Crippen molar-refractivity contribution in [3.05, 3.63) is 36.1 Å². The number of piperazine rings is 1. The van der Waals surface area contributed by atoms with Crippen LogP contribution in [0.5, 0.6) is 0 Å². The molecular weight excluding hydrogens is 252 g/mol. The van der Waals surface area contributed by atoms with Gasteiger partial charge in [-0.15, -0.1) is 0 Å². The molecule has 1 saturated heterocycles. The number of rotatable bonds is 4. The summed E-state index contributed by atoms with van der Waals surface area (Å²) in [6.07, 6.45) is 5.10. The molecule has 0 spiro atoms. The standard InChI is InChI=1S/C12H18N2O2.2C2H6/c1-3-4-11(7-10(2)15)9-14-6-5-13-8-12(14)16;2*1-2/h3-4,7,13,15H,1,5-6,8-9H2,2H3;2*1-2H3/b10-7+,11-4+;;. The molecule has 0 radical (unpaired) electrons. The molecule has 0 aliphatic carbocycles. The highest BCUT2D eigenvalue weighted by molar-refractivity contribution is 5.79. The summed E-state index contributed by atoms with van der Waals surface area (Å²) in [6, 6.07) is 0. The third kappa shape index (κ3) is 9.39. The van der Waals surface area contributed by atoms with Gasteiger partial charge in [-0.3, -0.25) is 4.79 Å². The minimum Gasteiger partial charge on any atom is -0.513 e. The van der Waals surface area contributed by atoms with Gasteiger partial charge < -0.3 is 15.3 Å². The Morgan fingerprint density at radius 1 is 1.40 bits per heavy atom. The third-order valence-corrected chi connectivity index (χ3v) is 2.29. The van der Waals surface area contributed by atoms with E-state index in [0.717, 1.165) is 12.1 Å². The van der Waals surface area contributed by atoms with Gasteiger partial charge in [0.1, 0.15) is 0 Å². The lowest BCUT2D eigenvalue weighted by Gasteiger charge is -2.27. The van der Waals surface area contributed by atoms with Crippen LogP contribution in [-0.2, 0) is 4.79 Å². The summed E-state index contributed by atoms with van der Waals surface area (Å²) in [5.74, 6) is 0.320. The summed E-state index contributed by atoms with van der Waals surface area (Å²) < 4.78 is 0. The molecule has 4 heteroatoms. The van der Waals surface area contributed by atoms with E-state index in [4.69, 9.17) is 0 Å². The number of hydrogen-bond donors (Lipinski definition) is 2. The summed E-state index contributed by atoms with van der Waals surface area (Å²) in [5.41, 5.74) is 0.880. The van der Waals surface area contributed by atoms with Gasteiger partial charge in [-0.2, -0.15) is 0 Å². The Hall–Kier alpha value is -1.55. The molecule has 1 fully saturated rings. The lowest BCUT2D eigenvalue weighted by atomic mass is 10.2. The minimum absolute atomic E-state index is 0.0882. The topological polar surface area (TPSA) is 52.6 Å². The van der Waals surface area contributed by atoms with E-state index in [2.05, 4.69) is 11.9 Å². The molecule has 116 valence electrons. The van der Waals surface area contributed by atoms with Crippen molar-refractivity contribution in [2.45, 2.75) is 34.6 Å². The van der Waals surface area contributed by atoms with Gasteiger partial charge in [0.05, 0.1) is 12.3 Å². The van der Waals surface area contributed by atoms with Crippen LogP contribution in [0, 0.1) is 0 Å². The van der Waals surface area contributed by atoms with Crippen LogP contribution in [0.15, 0.2) is 36.1 Å². The van der Waals surface area contributed by atoms with E-state index in [1.165, 1.54) is 0 Å². The SMILES string of the molecule is C=C/C=C(\C=C(/C)O)CN1CCNCC1=O.CC.CC. The molecule has 1 aliphatic rings. The molecule has 0 aromatic rings. The normalized spacial score (nSPS) is 15.7. The Bertz CT molecular complexity index is 329. The zero-order chi connectivity index (χ0) is 16.0. The molecule has 4 nitrogen and oxygen atoms in total. The predicted molar refractivity (Wildman–Crippen MR) is 86.8 cm³/mol. The fraction of sp³-hybridized carbons (Fsp3) is 0.562. The van der Waals surface area contributed by atoms with Crippen molar-refractivity contribution in [2.24, 2.45) is 0 Å². The summed E-state index contributed by atoms with van der Waals surface area (Å²) in [6.45, 7) is 15.6. The largest absolute Gasteiger partial charge is 0.513 e. The molecule has 20 heavy (non-hydrogen) atoms. The van der Waals surface area contributed by atoms with Crippen LogP contribution in [0.1, 0.15) is 34.6 Å². The van der Waals surface area contributed by atoms with Gasteiger partial charge in [0.25, 0.3) is 0 Å². The van der Waals surface area contributed by atoms with Crippen LogP contribution in [0.25, 0.3) is 0 Å². The lowest BCUT2D eigenvalue weighted by molar-refractivity contribution is -0.131. The van der Waals surface area contributed by atoms with E-state index in [9.17, 15) is 9.90 Å². The van der Waals surface area contributed by atoms with Crippen LogP contribution in [0.3, 0.4) is 0 Å². The maximum Gasteiger partial charge on any atom is 0.236 e. The monoisotopic (exact) mass is 282 g/mol. The van der Waals surface area contributed by atoms with Crippen molar-refractivity contribution in [1.29, 1.82) is 0 Å². The summed E-state index contributed by atoms with van der Waals surface area (Å²) in [5, 5.41) is 12.2. The first-order chi connectivity index (χ1) is 9.63. The zero-order valence-electron chi connectivity index (χ0n) is 13.6. The highest BCUT2D eigenvalue weighted by Crippen LogP contribution is 2.06. The number of aliphatic hydroxyl groups excluding tert-OH is 1. The molecule has 0 atom stereocenters. The molecule has 1 heterocycles. The first kappa shape index (κ1) is 20.8. The van der Waals surface area contributed by atoms with Crippen LogP contribution >= 0.6 is 0 Å². The average molecular weight is 282 g/mol. The highest BCUT2D eigenvalue weighted by Gasteiger charge is 2.17. The van der Waals surface area contributed by atoms with Gasteiger partial charge in [0.15, 0.2) is 0 Å². The second-order valence-corrected chi connectivity index (χ2v) is 3.76. The van der Waals surface area contributed by atoms with Gasteiger partial charge in [0, 0.05) is 19.6 Å². The van der Waals surface area contributed by atoms with Crippen LogP contribution in [0.2, 0.25) is 0 Å². The van der Waals surface area contributed by atoms with E-state index >= 15 is 0 Å². The van der Waals surface area contributed by atoms with Gasteiger partial charge in [-0.05, 0) is 18.6 Å². The van der Waals surface area contributed by atoms with Crippen LogP contribution in [0.4, 0.5) is 0 Å². The number of allylic oxidation sites excluding steroid dienone is 3. The second-order valence-electron chi connectivity index (χ2n) is 3.76. The quantitative estimate of drug-likeness (QED) is 0.615. The Balaban J connectivity index is 0. The van der Waals surface area contributed by atoms with Gasteiger partial charge >= 0.3 is 0 Å². The smallest absolute Gasteiger partial charge is 0.236 e. The van der Waals surface area contributed by atoms with E-state index < -0.39 is 0 Å². The van der Waals surface area contributed by atoms with Gasteiger partial charge in [-0.25, -0.2) is 0 Å². The Kier molecular flexibility index (Phi) is 14.4. The number of hydrogen-bond acceptors (Lipinski definition) is 3.